The normalized spacial score (nSPS) is 13.1. The maximum Gasteiger partial charge on any atom is 0.0590 e. The molecule has 1 saturated carbocycles. The van der Waals surface area contributed by atoms with Gasteiger partial charge in [0.2, 0.25) is 0 Å². The van der Waals surface area contributed by atoms with Crippen molar-refractivity contribution >= 4 is 11.9 Å². The fourth-order valence-corrected chi connectivity index (χ4v) is 3.33. The molecule has 2 heterocycles. The second-order valence-electron chi connectivity index (χ2n) is 6.26. The molecule has 1 aliphatic carbocycles. The molecule has 3 aromatic rings. The van der Waals surface area contributed by atoms with Crippen molar-refractivity contribution < 1.29 is 0 Å². The molecule has 0 bridgehead atoms. The number of rotatable bonds is 5. The Kier molecular flexibility index (Phi) is 5.30. The Hall–Kier alpha value is -2.61. The first kappa shape index (κ1) is 16.8. The van der Waals surface area contributed by atoms with Crippen molar-refractivity contribution in [1.82, 2.24) is 14.7 Å². The van der Waals surface area contributed by atoms with Gasteiger partial charge in [-0.25, -0.2) is 0 Å². The summed E-state index contributed by atoms with van der Waals surface area (Å²) in [6, 6.07) is 16.4. The number of hydrogen-bond acceptors (Lipinski definition) is 4. The molecule has 0 radical (unpaired) electrons. The number of hydrogen-bond donors (Lipinski definition) is 1. The Bertz CT molecular complexity index is 923. The van der Waals surface area contributed by atoms with Crippen LogP contribution >= 0.6 is 11.9 Å². The van der Waals surface area contributed by atoms with Crippen LogP contribution in [0.5, 0.6) is 0 Å². The van der Waals surface area contributed by atoms with E-state index in [1.807, 2.05) is 36.8 Å². The first-order chi connectivity index (χ1) is 12.9. The van der Waals surface area contributed by atoms with Gasteiger partial charge in [0.15, 0.2) is 0 Å². The van der Waals surface area contributed by atoms with Gasteiger partial charge in [-0.05, 0) is 78.9 Å². The first-order valence-corrected chi connectivity index (χ1v) is 9.56. The highest BCUT2D eigenvalue weighted by Crippen LogP contribution is 2.40. The van der Waals surface area contributed by atoms with Gasteiger partial charge in [-0.3, -0.25) is 14.7 Å². The number of benzene rings is 1. The van der Waals surface area contributed by atoms with Gasteiger partial charge in [0.25, 0.3) is 0 Å². The quantitative estimate of drug-likeness (QED) is 0.537. The molecule has 4 heteroatoms. The fourth-order valence-electron chi connectivity index (χ4n) is 2.65. The molecule has 2 aromatic heterocycles. The van der Waals surface area contributed by atoms with Gasteiger partial charge < -0.3 is 0 Å². The van der Waals surface area contributed by atoms with E-state index >= 15 is 0 Å². The molecule has 1 aliphatic rings. The van der Waals surface area contributed by atoms with Crippen LogP contribution in [-0.4, -0.2) is 9.97 Å². The fraction of sp³-hybridized carbons (Fsp3) is 0.182. The summed E-state index contributed by atoms with van der Waals surface area (Å²) in [5.41, 5.74) is 4.46. The third kappa shape index (κ3) is 4.51. The van der Waals surface area contributed by atoms with E-state index in [1.54, 1.807) is 11.9 Å². The summed E-state index contributed by atoms with van der Waals surface area (Å²) in [4.78, 5) is 9.71. The molecule has 0 atom stereocenters. The number of nitrogens with zero attached hydrogens (tertiary/aromatic N) is 2. The Morgan fingerprint density at radius 3 is 2.54 bits per heavy atom. The van der Waals surface area contributed by atoms with Crippen molar-refractivity contribution in [3.8, 4) is 11.8 Å². The van der Waals surface area contributed by atoms with Crippen molar-refractivity contribution in [2.45, 2.75) is 30.2 Å². The van der Waals surface area contributed by atoms with Crippen molar-refractivity contribution in [1.29, 1.82) is 0 Å². The summed E-state index contributed by atoms with van der Waals surface area (Å²) < 4.78 is 3.37. The second-order valence-corrected chi connectivity index (χ2v) is 7.23. The van der Waals surface area contributed by atoms with Gasteiger partial charge in [-0.2, -0.15) is 0 Å². The van der Waals surface area contributed by atoms with E-state index in [0.717, 1.165) is 23.4 Å². The smallest absolute Gasteiger partial charge is 0.0590 e. The molecule has 3 nitrogen and oxygen atoms in total. The molecular formula is C22H19N3S. The summed E-state index contributed by atoms with van der Waals surface area (Å²) in [6.45, 7) is 0.805. The zero-order valence-electron chi connectivity index (χ0n) is 14.4. The van der Waals surface area contributed by atoms with Crippen LogP contribution in [0.2, 0.25) is 0 Å². The van der Waals surface area contributed by atoms with E-state index in [9.17, 15) is 0 Å². The summed E-state index contributed by atoms with van der Waals surface area (Å²) in [6.07, 6.45) is 7.97. The van der Waals surface area contributed by atoms with Crippen LogP contribution in [0.4, 0.5) is 0 Å². The van der Waals surface area contributed by atoms with Gasteiger partial charge in [0.05, 0.1) is 5.69 Å². The number of pyridine rings is 2. The topological polar surface area (TPSA) is 37.8 Å². The predicted molar refractivity (Wildman–Crippen MR) is 106 cm³/mol. The lowest BCUT2D eigenvalue weighted by atomic mass is 10.1. The largest absolute Gasteiger partial charge is 0.265 e. The van der Waals surface area contributed by atoms with Crippen LogP contribution < -0.4 is 4.72 Å². The SMILES string of the molecule is C(#Cc1cccnc1C1CC1)c1ccc(SNCc2ccncc2)cc1. The van der Waals surface area contributed by atoms with E-state index in [1.165, 1.54) is 23.3 Å². The number of nitrogens with one attached hydrogen (secondary N) is 1. The molecule has 128 valence electrons. The predicted octanol–water partition coefficient (Wildman–Crippen LogP) is 4.55. The van der Waals surface area contributed by atoms with Crippen LogP contribution in [0.15, 0.2) is 72.0 Å². The van der Waals surface area contributed by atoms with Gasteiger partial charge in [-0.15, -0.1) is 0 Å². The van der Waals surface area contributed by atoms with Gasteiger partial charge in [-0.1, -0.05) is 11.8 Å². The molecule has 1 N–H and O–H groups in total. The van der Waals surface area contributed by atoms with E-state index in [4.69, 9.17) is 0 Å². The maximum atomic E-state index is 4.51. The molecule has 4 rings (SSSR count). The van der Waals surface area contributed by atoms with Gasteiger partial charge in [0, 0.05) is 47.1 Å². The zero-order chi connectivity index (χ0) is 17.6. The summed E-state index contributed by atoms with van der Waals surface area (Å²) >= 11 is 1.62. The van der Waals surface area contributed by atoms with Crippen molar-refractivity contribution in [3.63, 3.8) is 0 Å². The van der Waals surface area contributed by atoms with E-state index in [0.29, 0.717) is 5.92 Å². The molecule has 26 heavy (non-hydrogen) atoms. The minimum Gasteiger partial charge on any atom is -0.265 e. The molecule has 1 aromatic carbocycles. The monoisotopic (exact) mass is 357 g/mol. The molecular weight excluding hydrogens is 338 g/mol. The van der Waals surface area contributed by atoms with Crippen molar-refractivity contribution in [2.24, 2.45) is 0 Å². The summed E-state index contributed by atoms with van der Waals surface area (Å²) in [5, 5.41) is 0. The minimum atomic E-state index is 0.616. The Labute approximate surface area is 158 Å². The lowest BCUT2D eigenvalue weighted by molar-refractivity contribution is 0.969. The Morgan fingerprint density at radius 1 is 0.962 bits per heavy atom. The molecule has 0 saturated heterocycles. The molecule has 0 spiro atoms. The summed E-state index contributed by atoms with van der Waals surface area (Å²) in [5.74, 6) is 7.18. The van der Waals surface area contributed by atoms with Crippen LogP contribution in [0.1, 0.15) is 41.1 Å². The minimum absolute atomic E-state index is 0.616. The summed E-state index contributed by atoms with van der Waals surface area (Å²) in [7, 11) is 0. The average molecular weight is 357 g/mol. The first-order valence-electron chi connectivity index (χ1n) is 8.74. The molecule has 0 unspecified atom stereocenters. The average Bonchev–Trinajstić information content (AvgIpc) is 3.54. The lowest BCUT2D eigenvalue weighted by Crippen LogP contribution is -2.02. The van der Waals surface area contributed by atoms with Crippen LogP contribution in [0, 0.1) is 11.8 Å². The zero-order valence-corrected chi connectivity index (χ0v) is 15.2. The highest BCUT2D eigenvalue weighted by atomic mass is 32.2. The molecule has 0 aliphatic heterocycles. The van der Waals surface area contributed by atoms with Crippen LogP contribution in [-0.2, 0) is 6.54 Å². The second kappa shape index (κ2) is 8.18. The lowest BCUT2D eigenvalue weighted by Gasteiger charge is -2.04. The maximum absolute atomic E-state index is 4.51. The van der Waals surface area contributed by atoms with Gasteiger partial charge in [0.1, 0.15) is 0 Å². The van der Waals surface area contributed by atoms with Crippen LogP contribution in [0.3, 0.4) is 0 Å². The van der Waals surface area contributed by atoms with Gasteiger partial charge >= 0.3 is 0 Å². The Morgan fingerprint density at radius 2 is 1.77 bits per heavy atom. The van der Waals surface area contributed by atoms with E-state index < -0.39 is 0 Å². The van der Waals surface area contributed by atoms with Crippen LogP contribution in [0.25, 0.3) is 0 Å². The highest BCUT2D eigenvalue weighted by molar-refractivity contribution is 7.97. The Balaban J connectivity index is 1.36. The number of aromatic nitrogens is 2. The molecule has 0 amide bonds. The van der Waals surface area contributed by atoms with E-state index in [-0.39, 0.29) is 0 Å². The van der Waals surface area contributed by atoms with E-state index in [2.05, 4.69) is 56.9 Å². The third-order valence-corrected chi connectivity index (χ3v) is 5.01. The highest BCUT2D eigenvalue weighted by Gasteiger charge is 2.26. The standard InChI is InChI=1S/C22H19N3S/c1-2-19(22(24-13-1)20-7-8-20)6-3-17-4-9-21(10-5-17)26-25-16-18-11-14-23-15-12-18/h1-2,4-5,9-15,20,25H,7-8,16H2. The van der Waals surface area contributed by atoms with Crippen molar-refractivity contribution in [2.75, 3.05) is 0 Å². The molecule has 1 fully saturated rings. The van der Waals surface area contributed by atoms with Crippen molar-refractivity contribution in [3.05, 3.63) is 89.5 Å². The third-order valence-electron chi connectivity index (χ3n) is 4.21.